The van der Waals surface area contributed by atoms with Gasteiger partial charge in [0.15, 0.2) is 14.6 Å². The lowest BCUT2D eigenvalue weighted by Gasteiger charge is -2.27. The number of hydrogen-bond donors (Lipinski definition) is 0. The van der Waals surface area contributed by atoms with Gasteiger partial charge in [-0.3, -0.25) is 9.69 Å². The van der Waals surface area contributed by atoms with Gasteiger partial charge in [0.05, 0.1) is 13.2 Å². The first-order chi connectivity index (χ1) is 13.6. The van der Waals surface area contributed by atoms with Crippen LogP contribution in [0.15, 0.2) is 24.3 Å². The van der Waals surface area contributed by atoms with Crippen LogP contribution in [0.3, 0.4) is 0 Å². The van der Waals surface area contributed by atoms with Gasteiger partial charge < -0.3 is 14.2 Å². The number of benzene rings is 1. The molecule has 9 heteroatoms. The third-order valence-electron chi connectivity index (χ3n) is 4.65. The van der Waals surface area contributed by atoms with E-state index in [0.717, 1.165) is 11.8 Å². The van der Waals surface area contributed by atoms with Crippen LogP contribution in [0.1, 0.15) is 25.8 Å². The van der Waals surface area contributed by atoms with Crippen molar-refractivity contribution < 1.29 is 32.2 Å². The number of esters is 1. The van der Waals surface area contributed by atoms with Crippen LogP contribution in [-0.4, -0.2) is 64.5 Å². The highest BCUT2D eigenvalue weighted by atomic mass is 32.2. The second kappa shape index (κ2) is 9.29. The van der Waals surface area contributed by atoms with Crippen LogP contribution >= 0.6 is 0 Å². The Kier molecular flexibility index (Phi) is 7.27. The van der Waals surface area contributed by atoms with E-state index in [1.807, 2.05) is 0 Å². The van der Waals surface area contributed by atoms with Gasteiger partial charge in [-0.1, -0.05) is 11.8 Å². The van der Waals surface area contributed by atoms with Crippen LogP contribution in [-0.2, 0) is 28.8 Å². The Balaban J connectivity index is 2.15. The van der Waals surface area contributed by atoms with Gasteiger partial charge in [-0.25, -0.2) is 13.2 Å². The van der Waals surface area contributed by atoms with Crippen LogP contribution < -0.4 is 4.90 Å². The zero-order valence-corrected chi connectivity index (χ0v) is 17.7. The summed E-state index contributed by atoms with van der Waals surface area (Å²) in [6.07, 6.45) is -0.587. The highest BCUT2D eigenvalue weighted by Gasteiger charge is 2.49. The van der Waals surface area contributed by atoms with E-state index in [1.54, 1.807) is 38.3 Å². The van der Waals surface area contributed by atoms with Gasteiger partial charge in [0, 0.05) is 31.0 Å². The lowest BCUT2D eigenvalue weighted by Crippen LogP contribution is -2.47. The minimum absolute atomic E-state index is 0.0557. The molecular formula is C20H25NO7S. The summed E-state index contributed by atoms with van der Waals surface area (Å²) in [7, 11) is -2.24. The molecule has 1 fully saturated rings. The molecule has 0 aliphatic carbocycles. The van der Waals surface area contributed by atoms with Crippen molar-refractivity contribution in [3.05, 3.63) is 29.8 Å². The first-order valence-corrected chi connectivity index (χ1v) is 10.9. The fourth-order valence-corrected chi connectivity index (χ4v) is 3.73. The lowest BCUT2D eigenvalue weighted by molar-refractivity contribution is -0.146. The normalized spacial score (nSPS) is 18.4. The van der Waals surface area contributed by atoms with E-state index in [1.165, 1.54) is 11.8 Å². The molecular weight excluding hydrogens is 398 g/mol. The molecule has 1 aromatic carbocycles. The Morgan fingerprint density at radius 2 is 2.00 bits per heavy atom. The zero-order chi connectivity index (χ0) is 21.7. The Bertz CT molecular complexity index is 914. The molecule has 29 heavy (non-hydrogen) atoms. The van der Waals surface area contributed by atoms with Crippen molar-refractivity contribution in [3.63, 3.8) is 0 Å². The second-order valence-electron chi connectivity index (χ2n) is 6.83. The number of methoxy groups -OCH3 is 1. The monoisotopic (exact) mass is 423 g/mol. The molecule has 1 aliphatic rings. The number of cyclic esters (lactones) is 1. The number of anilines is 1. The number of nitrogens with zero attached hydrogens (tertiary/aromatic N) is 1. The second-order valence-corrected chi connectivity index (χ2v) is 9.27. The summed E-state index contributed by atoms with van der Waals surface area (Å²) in [5, 5.41) is 0. The van der Waals surface area contributed by atoms with Gasteiger partial charge in [0.25, 0.3) is 0 Å². The molecule has 2 atom stereocenters. The predicted octanol–water partition coefficient (Wildman–Crippen LogP) is 1.77. The molecule has 0 spiro atoms. The van der Waals surface area contributed by atoms with Crippen LogP contribution in [0, 0.1) is 11.8 Å². The number of rotatable bonds is 7. The summed E-state index contributed by atoms with van der Waals surface area (Å²) in [4.78, 5) is 26.0. The summed E-state index contributed by atoms with van der Waals surface area (Å²) < 4.78 is 37.9. The molecule has 1 unspecified atom stereocenters. The zero-order valence-electron chi connectivity index (χ0n) is 16.9. The Morgan fingerprint density at radius 1 is 1.34 bits per heavy atom. The lowest BCUT2D eigenvalue weighted by atomic mass is 10.0. The maximum atomic E-state index is 12.3. The summed E-state index contributed by atoms with van der Waals surface area (Å²) in [6, 6.07) is 6.97. The largest absolute Gasteiger partial charge is 0.465 e. The molecule has 0 saturated carbocycles. The molecule has 0 bridgehead atoms. The topological polar surface area (TPSA) is 99.2 Å². The summed E-state index contributed by atoms with van der Waals surface area (Å²) in [6.45, 7) is 3.39. The van der Waals surface area contributed by atoms with Crippen molar-refractivity contribution in [2.75, 3.05) is 38.0 Å². The minimum Gasteiger partial charge on any atom is -0.465 e. The molecule has 1 aromatic rings. The molecule has 0 aromatic heterocycles. The number of carbonyl (C=O) groups is 2. The van der Waals surface area contributed by atoms with E-state index in [-0.39, 0.29) is 19.6 Å². The molecule has 2 rings (SSSR count). The van der Waals surface area contributed by atoms with Crippen molar-refractivity contribution in [1.82, 2.24) is 0 Å². The van der Waals surface area contributed by atoms with E-state index in [9.17, 15) is 18.0 Å². The van der Waals surface area contributed by atoms with Crippen LogP contribution in [0.4, 0.5) is 10.5 Å². The van der Waals surface area contributed by atoms with E-state index >= 15 is 0 Å². The van der Waals surface area contributed by atoms with E-state index in [0.29, 0.717) is 12.3 Å². The number of sulfone groups is 1. The fourth-order valence-electron chi connectivity index (χ4n) is 2.88. The average Bonchev–Trinajstić information content (AvgIpc) is 3.01. The maximum Gasteiger partial charge on any atom is 0.414 e. The van der Waals surface area contributed by atoms with E-state index in [4.69, 9.17) is 14.2 Å². The molecule has 8 nitrogen and oxygen atoms in total. The number of hydrogen-bond acceptors (Lipinski definition) is 7. The smallest absolute Gasteiger partial charge is 0.414 e. The van der Waals surface area contributed by atoms with Gasteiger partial charge in [-0.05, 0) is 38.1 Å². The summed E-state index contributed by atoms with van der Waals surface area (Å²) in [5.41, 5.74) is 1.36. The van der Waals surface area contributed by atoms with Crippen LogP contribution in [0.25, 0.3) is 0 Å². The third-order valence-corrected chi connectivity index (χ3v) is 6.62. The SMILES string of the molecule is CCOC(=O)C(C)(C[C@H]1CN(c2ccc(C#CCOC)cc2)C(=O)O1)S(C)(=O)=O. The highest BCUT2D eigenvalue weighted by Crippen LogP contribution is 2.30. The van der Waals surface area contributed by atoms with Crippen molar-refractivity contribution in [3.8, 4) is 11.8 Å². The highest BCUT2D eigenvalue weighted by molar-refractivity contribution is 7.92. The molecule has 0 radical (unpaired) electrons. The maximum absolute atomic E-state index is 12.3. The van der Waals surface area contributed by atoms with E-state index < -0.39 is 32.8 Å². The standard InChI is InChI=1S/C20H25NO7S/c1-5-27-18(22)20(2,29(4,24)25)13-17-14-21(19(23)28-17)16-10-8-15(9-11-16)7-6-12-26-3/h8-11,17H,5,12-14H2,1-4H3/t17-,20?/m0/s1. The predicted molar refractivity (Wildman–Crippen MR) is 107 cm³/mol. The summed E-state index contributed by atoms with van der Waals surface area (Å²) >= 11 is 0. The van der Waals surface area contributed by atoms with Gasteiger partial charge >= 0.3 is 12.1 Å². The average molecular weight is 423 g/mol. The molecule has 1 aliphatic heterocycles. The minimum atomic E-state index is -3.80. The number of amides is 1. The van der Waals surface area contributed by atoms with Crippen molar-refractivity contribution in [2.45, 2.75) is 31.1 Å². The van der Waals surface area contributed by atoms with Gasteiger partial charge in [0.2, 0.25) is 0 Å². The van der Waals surface area contributed by atoms with Crippen LogP contribution in [0.5, 0.6) is 0 Å². The number of carbonyl (C=O) groups excluding carboxylic acids is 2. The number of ether oxygens (including phenoxy) is 3. The van der Waals surface area contributed by atoms with E-state index in [2.05, 4.69) is 11.8 Å². The van der Waals surface area contributed by atoms with Crippen LogP contribution in [0.2, 0.25) is 0 Å². The Hall–Kier alpha value is -2.57. The Labute approximate surface area is 171 Å². The molecule has 1 saturated heterocycles. The first-order valence-electron chi connectivity index (χ1n) is 9.05. The summed E-state index contributed by atoms with van der Waals surface area (Å²) in [5.74, 6) is 4.92. The third kappa shape index (κ3) is 5.28. The van der Waals surface area contributed by atoms with Crippen molar-refractivity contribution in [2.24, 2.45) is 0 Å². The molecule has 1 amide bonds. The van der Waals surface area contributed by atoms with Gasteiger partial charge in [0.1, 0.15) is 12.7 Å². The van der Waals surface area contributed by atoms with Crippen molar-refractivity contribution in [1.29, 1.82) is 0 Å². The molecule has 1 heterocycles. The van der Waals surface area contributed by atoms with Gasteiger partial charge in [-0.15, -0.1) is 0 Å². The quantitative estimate of drug-likeness (QED) is 0.487. The molecule has 158 valence electrons. The van der Waals surface area contributed by atoms with Gasteiger partial charge in [-0.2, -0.15) is 0 Å². The molecule has 0 N–H and O–H groups in total. The Morgan fingerprint density at radius 3 is 2.55 bits per heavy atom. The first kappa shape index (κ1) is 22.7. The van der Waals surface area contributed by atoms with Crippen molar-refractivity contribution >= 4 is 27.6 Å². The fraction of sp³-hybridized carbons (Fsp3) is 0.500.